The van der Waals surface area contributed by atoms with Crippen LogP contribution < -0.4 is 5.32 Å². The molecular formula is C15H10F3N5S. The maximum Gasteiger partial charge on any atom is 0.416 e. The highest BCUT2D eigenvalue weighted by atomic mass is 32.1. The van der Waals surface area contributed by atoms with Crippen molar-refractivity contribution in [2.75, 3.05) is 5.32 Å². The molecule has 1 aromatic carbocycles. The van der Waals surface area contributed by atoms with E-state index in [0.29, 0.717) is 11.6 Å². The van der Waals surface area contributed by atoms with Crippen molar-refractivity contribution in [2.24, 2.45) is 0 Å². The van der Waals surface area contributed by atoms with E-state index in [2.05, 4.69) is 20.8 Å². The molecule has 5 nitrogen and oxygen atoms in total. The summed E-state index contributed by atoms with van der Waals surface area (Å²) in [5, 5.41) is 16.2. The standard InChI is InChI=1S/C15H10F3N5S/c16-15(17,18)10-5-2-1-4-9(10)12-8-11(13-6-3-7-24-13)19-14-20-21-22-23(12)14/h1-8,12H,(H,19,20,22)/t12-/m0/s1. The van der Waals surface area contributed by atoms with Crippen molar-refractivity contribution in [3.05, 3.63) is 63.9 Å². The van der Waals surface area contributed by atoms with Gasteiger partial charge in [0.1, 0.15) is 6.04 Å². The number of alkyl halides is 3. The molecule has 1 N–H and O–H groups in total. The lowest BCUT2D eigenvalue weighted by Gasteiger charge is -2.25. The number of hydrogen-bond acceptors (Lipinski definition) is 5. The normalized spacial score (nSPS) is 17.1. The van der Waals surface area contributed by atoms with Gasteiger partial charge in [-0.2, -0.15) is 17.9 Å². The molecule has 0 saturated carbocycles. The zero-order chi connectivity index (χ0) is 16.7. The number of hydrogen-bond donors (Lipinski definition) is 1. The Labute approximate surface area is 138 Å². The van der Waals surface area contributed by atoms with Crippen LogP contribution in [-0.2, 0) is 6.18 Å². The molecule has 3 aromatic rings. The van der Waals surface area contributed by atoms with Gasteiger partial charge in [-0.25, -0.2) is 0 Å². The SMILES string of the molecule is FC(F)(F)c1ccccc1[C@@H]1C=C(c2cccs2)Nc2nnnn21. The van der Waals surface area contributed by atoms with Crippen LogP contribution in [0.25, 0.3) is 5.70 Å². The van der Waals surface area contributed by atoms with Crippen molar-refractivity contribution >= 4 is 23.0 Å². The van der Waals surface area contributed by atoms with Crippen LogP contribution in [0, 0.1) is 0 Å². The third-order valence-electron chi connectivity index (χ3n) is 3.70. The number of halogens is 3. The highest BCUT2D eigenvalue weighted by Gasteiger charge is 2.36. The van der Waals surface area contributed by atoms with Crippen LogP contribution in [0.4, 0.5) is 19.1 Å². The summed E-state index contributed by atoms with van der Waals surface area (Å²) in [6, 6.07) is 8.49. The summed E-state index contributed by atoms with van der Waals surface area (Å²) in [5.41, 5.74) is 0.100. The van der Waals surface area contributed by atoms with E-state index >= 15 is 0 Å². The Kier molecular flexibility index (Phi) is 3.38. The second-order valence-corrected chi connectivity index (χ2v) is 6.11. The fourth-order valence-corrected chi connectivity index (χ4v) is 3.37. The quantitative estimate of drug-likeness (QED) is 0.764. The molecule has 24 heavy (non-hydrogen) atoms. The molecular weight excluding hydrogens is 339 g/mol. The summed E-state index contributed by atoms with van der Waals surface area (Å²) in [6.07, 6.45) is -2.74. The molecule has 1 aliphatic heterocycles. The predicted octanol–water partition coefficient (Wildman–Crippen LogP) is 3.81. The van der Waals surface area contributed by atoms with Crippen LogP contribution in [0.2, 0.25) is 0 Å². The van der Waals surface area contributed by atoms with Gasteiger partial charge < -0.3 is 5.32 Å². The summed E-state index contributed by atoms with van der Waals surface area (Å²) >= 11 is 1.48. The zero-order valence-electron chi connectivity index (χ0n) is 12.0. The smallest absolute Gasteiger partial charge is 0.322 e. The second kappa shape index (κ2) is 5.45. The average molecular weight is 349 g/mol. The molecule has 0 bridgehead atoms. The molecule has 4 rings (SSSR count). The largest absolute Gasteiger partial charge is 0.416 e. The van der Waals surface area contributed by atoms with Gasteiger partial charge in [-0.3, -0.25) is 0 Å². The fraction of sp³-hybridized carbons (Fsp3) is 0.133. The van der Waals surface area contributed by atoms with Crippen molar-refractivity contribution in [1.82, 2.24) is 20.2 Å². The zero-order valence-corrected chi connectivity index (χ0v) is 12.8. The van der Waals surface area contributed by atoms with E-state index < -0.39 is 17.8 Å². The van der Waals surface area contributed by atoms with Crippen molar-refractivity contribution in [2.45, 2.75) is 12.2 Å². The molecule has 9 heteroatoms. The number of benzene rings is 1. The van der Waals surface area contributed by atoms with Gasteiger partial charge in [-0.15, -0.1) is 11.3 Å². The molecule has 0 saturated heterocycles. The molecule has 0 radical (unpaired) electrons. The van der Waals surface area contributed by atoms with Gasteiger partial charge in [0.25, 0.3) is 0 Å². The van der Waals surface area contributed by atoms with Crippen LogP contribution in [0.5, 0.6) is 0 Å². The number of fused-ring (bicyclic) bond motifs is 1. The number of tetrazole rings is 1. The highest BCUT2D eigenvalue weighted by molar-refractivity contribution is 7.11. The second-order valence-electron chi connectivity index (χ2n) is 5.16. The molecule has 1 aliphatic rings. The van der Waals surface area contributed by atoms with Crippen LogP contribution in [0.3, 0.4) is 0 Å². The maximum absolute atomic E-state index is 13.4. The molecule has 2 aromatic heterocycles. The Morgan fingerprint density at radius 2 is 1.96 bits per heavy atom. The number of allylic oxidation sites excluding steroid dienone is 1. The molecule has 3 heterocycles. The van der Waals surface area contributed by atoms with Gasteiger partial charge in [0, 0.05) is 0 Å². The number of aromatic nitrogens is 4. The number of thiophene rings is 1. The Balaban J connectivity index is 1.88. The molecule has 0 aliphatic carbocycles. The monoisotopic (exact) mass is 349 g/mol. The number of nitrogens with zero attached hydrogens (tertiary/aromatic N) is 4. The van der Waals surface area contributed by atoms with Gasteiger partial charge in [0.05, 0.1) is 16.1 Å². The highest BCUT2D eigenvalue weighted by Crippen LogP contribution is 2.39. The van der Waals surface area contributed by atoms with E-state index in [4.69, 9.17) is 0 Å². The number of anilines is 1. The van der Waals surface area contributed by atoms with Gasteiger partial charge >= 0.3 is 6.18 Å². The van der Waals surface area contributed by atoms with Gasteiger partial charge in [0.15, 0.2) is 0 Å². The Morgan fingerprint density at radius 1 is 1.12 bits per heavy atom. The Bertz CT molecular complexity index is 898. The Hall–Kier alpha value is -2.68. The summed E-state index contributed by atoms with van der Waals surface area (Å²) in [7, 11) is 0. The average Bonchev–Trinajstić information content (AvgIpc) is 3.24. The maximum atomic E-state index is 13.4. The minimum atomic E-state index is -4.45. The van der Waals surface area contributed by atoms with Crippen molar-refractivity contribution in [3.8, 4) is 0 Å². The molecule has 122 valence electrons. The summed E-state index contributed by atoms with van der Waals surface area (Å²) < 4.78 is 41.5. The Morgan fingerprint density at radius 3 is 2.71 bits per heavy atom. The molecule has 0 unspecified atom stereocenters. The first-order chi connectivity index (χ1) is 11.5. The van der Waals surface area contributed by atoms with Gasteiger partial charge in [0.2, 0.25) is 5.95 Å². The van der Waals surface area contributed by atoms with E-state index in [1.54, 1.807) is 12.1 Å². The molecule has 0 fully saturated rings. The first-order valence-corrected chi connectivity index (χ1v) is 7.89. The van der Waals surface area contributed by atoms with Crippen LogP contribution in [-0.4, -0.2) is 20.2 Å². The van der Waals surface area contributed by atoms with E-state index in [9.17, 15) is 13.2 Å². The lowest BCUT2D eigenvalue weighted by molar-refractivity contribution is -0.138. The van der Waals surface area contributed by atoms with Crippen molar-refractivity contribution < 1.29 is 13.2 Å². The lowest BCUT2D eigenvalue weighted by Crippen LogP contribution is -2.22. The van der Waals surface area contributed by atoms with Crippen molar-refractivity contribution in [3.63, 3.8) is 0 Å². The summed E-state index contributed by atoms with van der Waals surface area (Å²) in [4.78, 5) is 0.902. The summed E-state index contributed by atoms with van der Waals surface area (Å²) in [6.45, 7) is 0. The third kappa shape index (κ3) is 2.46. The first-order valence-electron chi connectivity index (χ1n) is 7.01. The number of rotatable bonds is 2. The minimum Gasteiger partial charge on any atom is -0.322 e. The molecule has 1 atom stereocenters. The van der Waals surface area contributed by atoms with Crippen LogP contribution in [0.15, 0.2) is 47.9 Å². The minimum absolute atomic E-state index is 0.106. The van der Waals surface area contributed by atoms with E-state index in [1.165, 1.54) is 28.2 Å². The van der Waals surface area contributed by atoms with Gasteiger partial charge in [-0.05, 0) is 39.6 Å². The van der Waals surface area contributed by atoms with Crippen LogP contribution >= 0.6 is 11.3 Å². The van der Waals surface area contributed by atoms with Crippen molar-refractivity contribution in [1.29, 1.82) is 0 Å². The predicted molar refractivity (Wildman–Crippen MR) is 83.3 cm³/mol. The summed E-state index contributed by atoms with van der Waals surface area (Å²) in [5.74, 6) is 0.308. The number of nitrogens with one attached hydrogen (secondary N) is 1. The lowest BCUT2D eigenvalue weighted by atomic mass is 9.98. The first kappa shape index (κ1) is 14.9. The third-order valence-corrected chi connectivity index (χ3v) is 4.60. The fourth-order valence-electron chi connectivity index (χ4n) is 2.66. The molecule has 0 amide bonds. The van der Waals surface area contributed by atoms with E-state index in [1.807, 2.05) is 17.5 Å². The van der Waals surface area contributed by atoms with E-state index in [-0.39, 0.29) is 5.56 Å². The van der Waals surface area contributed by atoms with Gasteiger partial charge in [-0.1, -0.05) is 29.4 Å². The topological polar surface area (TPSA) is 55.6 Å². The molecule has 0 spiro atoms. The van der Waals surface area contributed by atoms with E-state index in [0.717, 1.165) is 10.9 Å². The van der Waals surface area contributed by atoms with Crippen LogP contribution in [0.1, 0.15) is 22.0 Å².